The number of nitrogens with one attached hydrogen (secondary N) is 3. The Bertz CT molecular complexity index is 1170. The Morgan fingerprint density at radius 1 is 1.08 bits per heavy atom. The molecular weight excluding hydrogens is 554 g/mol. The van der Waals surface area contributed by atoms with Crippen LogP contribution in [-0.2, 0) is 26.0 Å². The van der Waals surface area contributed by atoms with Crippen LogP contribution in [0.15, 0.2) is 62.9 Å². The number of halogens is 1. The SMILES string of the molecule is COc1ccc(S(=O)(=O)NN[C@@H](CCCN=C(N)N)C(=O)N[C@@H](Cc2ccccc2)C(N)=O)cc1Br. The maximum absolute atomic E-state index is 13.0. The van der Waals surface area contributed by atoms with Gasteiger partial charge >= 0.3 is 0 Å². The average molecular weight is 584 g/mol. The lowest BCUT2D eigenvalue weighted by molar-refractivity contribution is -0.128. The third-order valence-electron chi connectivity index (χ3n) is 5.01. The second kappa shape index (κ2) is 13.8. The van der Waals surface area contributed by atoms with Crippen LogP contribution in [0.4, 0.5) is 0 Å². The first-order chi connectivity index (χ1) is 17.0. The monoisotopic (exact) mass is 583 g/mol. The lowest BCUT2D eigenvalue weighted by atomic mass is 10.0. The number of hydrogen-bond acceptors (Lipinski definition) is 7. The summed E-state index contributed by atoms with van der Waals surface area (Å²) in [5.74, 6) is -1.01. The molecule has 2 amide bonds. The molecule has 0 aromatic heterocycles. The van der Waals surface area contributed by atoms with Gasteiger partial charge in [0.25, 0.3) is 10.0 Å². The number of primary amides is 1. The van der Waals surface area contributed by atoms with Crippen LogP contribution in [0, 0.1) is 0 Å². The summed E-state index contributed by atoms with van der Waals surface area (Å²) >= 11 is 3.25. The minimum absolute atomic E-state index is 0.0681. The van der Waals surface area contributed by atoms with Crippen molar-refractivity contribution < 1.29 is 22.7 Å². The number of carbonyl (C=O) groups is 2. The van der Waals surface area contributed by atoms with Crippen LogP contribution in [0.5, 0.6) is 5.75 Å². The van der Waals surface area contributed by atoms with E-state index in [0.717, 1.165) is 5.56 Å². The third kappa shape index (κ3) is 9.11. The predicted molar refractivity (Wildman–Crippen MR) is 139 cm³/mol. The number of nitrogens with two attached hydrogens (primary N) is 3. The molecule has 0 bridgehead atoms. The van der Waals surface area contributed by atoms with Crippen molar-refractivity contribution in [2.45, 2.75) is 36.2 Å². The maximum atomic E-state index is 13.0. The van der Waals surface area contributed by atoms with E-state index in [1.165, 1.54) is 25.3 Å². The zero-order valence-electron chi connectivity index (χ0n) is 19.6. The van der Waals surface area contributed by atoms with Gasteiger partial charge in [-0.25, -0.2) is 13.8 Å². The molecule has 0 unspecified atom stereocenters. The quantitative estimate of drug-likeness (QED) is 0.0762. The van der Waals surface area contributed by atoms with Crippen LogP contribution in [0.3, 0.4) is 0 Å². The number of guanidine groups is 1. The van der Waals surface area contributed by atoms with Crippen molar-refractivity contribution in [1.82, 2.24) is 15.6 Å². The van der Waals surface area contributed by atoms with Gasteiger partial charge in [-0.1, -0.05) is 30.3 Å². The molecule has 196 valence electrons. The van der Waals surface area contributed by atoms with Crippen molar-refractivity contribution in [1.29, 1.82) is 0 Å². The molecule has 0 saturated heterocycles. The summed E-state index contributed by atoms with van der Waals surface area (Å²) < 4.78 is 31.2. The first-order valence-electron chi connectivity index (χ1n) is 10.8. The van der Waals surface area contributed by atoms with Gasteiger partial charge in [0.15, 0.2) is 5.96 Å². The van der Waals surface area contributed by atoms with Crippen LogP contribution >= 0.6 is 15.9 Å². The Hall–Kier alpha value is -3.20. The molecule has 2 atom stereocenters. The summed E-state index contributed by atoms with van der Waals surface area (Å²) in [6.45, 7) is 0.217. The summed E-state index contributed by atoms with van der Waals surface area (Å²) in [5.41, 5.74) is 19.5. The third-order valence-corrected chi connectivity index (χ3v) is 6.89. The topological polar surface area (TPSA) is 204 Å². The molecule has 14 heteroatoms. The van der Waals surface area contributed by atoms with Crippen LogP contribution in [0.2, 0.25) is 0 Å². The molecule has 0 aliphatic carbocycles. The molecule has 9 N–H and O–H groups in total. The van der Waals surface area contributed by atoms with E-state index in [-0.39, 0.29) is 30.2 Å². The largest absolute Gasteiger partial charge is 0.496 e. The van der Waals surface area contributed by atoms with Crippen LogP contribution in [0.1, 0.15) is 18.4 Å². The van der Waals surface area contributed by atoms with E-state index in [2.05, 4.69) is 36.5 Å². The van der Waals surface area contributed by atoms with Crippen molar-refractivity contribution in [3.05, 3.63) is 58.6 Å². The number of sulfonamides is 1. The highest BCUT2D eigenvalue weighted by Crippen LogP contribution is 2.27. The van der Waals surface area contributed by atoms with Crippen LogP contribution in [0.25, 0.3) is 0 Å². The Kier molecular flexibility index (Phi) is 11.1. The lowest BCUT2D eigenvalue weighted by Gasteiger charge is -2.22. The van der Waals surface area contributed by atoms with E-state index in [4.69, 9.17) is 21.9 Å². The second-order valence-electron chi connectivity index (χ2n) is 7.70. The Labute approximate surface area is 218 Å². The minimum atomic E-state index is -4.06. The molecular formula is C22H30BrN7O5S. The van der Waals surface area contributed by atoms with Gasteiger partial charge in [0.05, 0.1) is 16.5 Å². The number of methoxy groups -OCH3 is 1. The molecule has 0 aliphatic heterocycles. The summed E-state index contributed by atoms with van der Waals surface area (Å²) in [6, 6.07) is 11.2. The van der Waals surface area contributed by atoms with Crippen molar-refractivity contribution in [2.75, 3.05) is 13.7 Å². The second-order valence-corrected chi connectivity index (χ2v) is 10.2. The fourth-order valence-electron chi connectivity index (χ4n) is 3.14. The van der Waals surface area contributed by atoms with Crippen molar-refractivity contribution >= 4 is 43.7 Å². The average Bonchev–Trinajstić information content (AvgIpc) is 2.83. The van der Waals surface area contributed by atoms with E-state index in [9.17, 15) is 18.0 Å². The Balaban J connectivity index is 2.15. The Morgan fingerprint density at radius 3 is 2.36 bits per heavy atom. The normalized spacial score (nSPS) is 12.8. The minimum Gasteiger partial charge on any atom is -0.496 e. The predicted octanol–water partition coefficient (Wildman–Crippen LogP) is -0.124. The van der Waals surface area contributed by atoms with Gasteiger partial charge in [0, 0.05) is 13.0 Å². The molecule has 12 nitrogen and oxygen atoms in total. The molecule has 2 rings (SSSR count). The standard InChI is InChI=1S/C22H30BrN7O5S/c1-35-19-10-9-15(13-16(19)23)36(33,34)30-29-17(8-5-11-27-22(25)26)21(32)28-18(20(24)31)12-14-6-3-2-4-7-14/h2-4,6-7,9-10,13,17-18,29-30H,5,8,11-12H2,1H3,(H2,24,31)(H,28,32)(H4,25,26,27)/t17-,18-/m0/s1. The molecule has 2 aromatic carbocycles. The smallest absolute Gasteiger partial charge is 0.253 e. The number of hydrogen-bond donors (Lipinski definition) is 6. The van der Waals surface area contributed by atoms with E-state index >= 15 is 0 Å². The molecule has 2 aromatic rings. The highest BCUT2D eigenvalue weighted by Gasteiger charge is 2.26. The molecule has 0 saturated carbocycles. The van der Waals surface area contributed by atoms with Crippen molar-refractivity contribution in [3.63, 3.8) is 0 Å². The highest BCUT2D eigenvalue weighted by atomic mass is 79.9. The van der Waals surface area contributed by atoms with Crippen LogP contribution in [-0.4, -0.2) is 51.9 Å². The van der Waals surface area contributed by atoms with E-state index < -0.39 is 33.9 Å². The summed E-state index contributed by atoms with van der Waals surface area (Å²) in [6.07, 6.45) is 0.668. The van der Waals surface area contributed by atoms with E-state index in [0.29, 0.717) is 16.6 Å². The first-order valence-corrected chi connectivity index (χ1v) is 13.1. The number of rotatable bonds is 14. The number of aliphatic imine (C=N–C) groups is 1. The Morgan fingerprint density at radius 2 is 1.78 bits per heavy atom. The van der Waals surface area contributed by atoms with Gasteiger partial charge in [-0.05, 0) is 52.5 Å². The van der Waals surface area contributed by atoms with Gasteiger partial charge < -0.3 is 27.3 Å². The number of amides is 2. The molecule has 0 spiro atoms. The zero-order valence-corrected chi connectivity index (χ0v) is 22.0. The van der Waals surface area contributed by atoms with Gasteiger partial charge in [-0.3, -0.25) is 14.6 Å². The molecule has 0 fully saturated rings. The van der Waals surface area contributed by atoms with Crippen molar-refractivity contribution in [3.8, 4) is 5.75 Å². The van der Waals surface area contributed by atoms with Gasteiger partial charge in [0.2, 0.25) is 11.8 Å². The van der Waals surface area contributed by atoms with Crippen LogP contribution < -0.4 is 37.5 Å². The zero-order chi connectivity index (χ0) is 26.7. The molecule has 0 aliphatic rings. The molecule has 36 heavy (non-hydrogen) atoms. The number of benzene rings is 2. The number of carbonyl (C=O) groups excluding carboxylic acids is 2. The number of hydrazine groups is 1. The molecule has 0 heterocycles. The molecule has 0 radical (unpaired) electrons. The summed E-state index contributed by atoms with van der Waals surface area (Å²) in [5, 5.41) is 2.59. The fraction of sp³-hybridized carbons (Fsp3) is 0.318. The lowest BCUT2D eigenvalue weighted by Crippen LogP contribution is -2.56. The first kappa shape index (κ1) is 29.0. The van der Waals surface area contributed by atoms with Gasteiger partial charge in [0.1, 0.15) is 17.8 Å². The highest BCUT2D eigenvalue weighted by molar-refractivity contribution is 9.10. The number of ether oxygens (including phenoxy) is 1. The maximum Gasteiger partial charge on any atom is 0.253 e. The number of nitrogens with zero attached hydrogens (tertiary/aromatic N) is 1. The van der Waals surface area contributed by atoms with E-state index in [1.54, 1.807) is 24.3 Å². The van der Waals surface area contributed by atoms with E-state index in [1.807, 2.05) is 6.07 Å². The summed E-state index contributed by atoms with van der Waals surface area (Å²) in [7, 11) is -2.60. The summed E-state index contributed by atoms with van der Waals surface area (Å²) in [4.78, 5) is 31.1. The van der Waals surface area contributed by atoms with Gasteiger partial charge in [-0.15, -0.1) is 4.83 Å². The van der Waals surface area contributed by atoms with Crippen molar-refractivity contribution in [2.24, 2.45) is 22.2 Å². The fourth-order valence-corrected chi connectivity index (χ4v) is 4.77. The van der Waals surface area contributed by atoms with Gasteiger partial charge in [-0.2, -0.15) is 0 Å².